The van der Waals surface area contributed by atoms with Crippen molar-refractivity contribution >= 4 is 21.6 Å². The van der Waals surface area contributed by atoms with Gasteiger partial charge in [0, 0.05) is 23.5 Å². The highest BCUT2D eigenvalue weighted by atomic mass is 79.9. The lowest BCUT2D eigenvalue weighted by molar-refractivity contribution is -0.384. The van der Waals surface area contributed by atoms with Crippen molar-refractivity contribution < 1.29 is 4.92 Å². The molecule has 0 aliphatic heterocycles. The number of nitro benzene ring substituents is 1. The first-order valence-electron chi connectivity index (χ1n) is 4.97. The van der Waals surface area contributed by atoms with Crippen LogP contribution in [0, 0.1) is 24.0 Å². The van der Waals surface area contributed by atoms with E-state index in [1.165, 1.54) is 12.1 Å². The largest absolute Gasteiger partial charge is 0.291 e. The molecule has 0 unspecified atom stereocenters. The van der Waals surface area contributed by atoms with Gasteiger partial charge in [-0.1, -0.05) is 0 Å². The molecule has 0 N–H and O–H groups in total. The highest BCUT2D eigenvalue weighted by Gasteiger charge is 2.11. The molecule has 0 aliphatic rings. The Labute approximate surface area is 106 Å². The topological polar surface area (TPSA) is 61.0 Å². The van der Waals surface area contributed by atoms with Gasteiger partial charge in [-0.3, -0.25) is 14.7 Å². The number of aromatic nitrogens is 2. The van der Waals surface area contributed by atoms with Crippen LogP contribution in [0.1, 0.15) is 11.4 Å². The minimum atomic E-state index is -0.412. The van der Waals surface area contributed by atoms with Gasteiger partial charge in [0.1, 0.15) is 0 Å². The van der Waals surface area contributed by atoms with Crippen LogP contribution in [0.3, 0.4) is 0 Å². The monoisotopic (exact) mass is 295 g/mol. The van der Waals surface area contributed by atoms with Gasteiger partial charge >= 0.3 is 0 Å². The second kappa shape index (κ2) is 4.29. The lowest BCUT2D eigenvalue weighted by Gasteiger charge is -2.06. The summed E-state index contributed by atoms with van der Waals surface area (Å²) in [4.78, 5) is 14.4. The van der Waals surface area contributed by atoms with Crippen LogP contribution < -0.4 is 0 Å². The minimum absolute atomic E-state index is 0.0827. The molecule has 0 fully saturated rings. The van der Waals surface area contributed by atoms with Crippen LogP contribution >= 0.6 is 15.9 Å². The molecule has 0 bridgehead atoms. The molecule has 0 spiro atoms. The zero-order valence-corrected chi connectivity index (χ0v) is 10.9. The summed E-state index contributed by atoms with van der Waals surface area (Å²) in [6, 6.07) is 6.38. The van der Waals surface area contributed by atoms with Gasteiger partial charge in [0.15, 0.2) is 4.73 Å². The van der Waals surface area contributed by atoms with Crippen molar-refractivity contribution in [2.75, 3.05) is 0 Å². The average Bonchev–Trinajstić information content (AvgIpc) is 2.53. The molecule has 0 radical (unpaired) electrons. The summed E-state index contributed by atoms with van der Waals surface area (Å²) in [5, 5.41) is 10.6. The van der Waals surface area contributed by atoms with Crippen LogP contribution in [0.5, 0.6) is 0 Å². The van der Waals surface area contributed by atoms with Crippen molar-refractivity contribution in [2.45, 2.75) is 13.8 Å². The van der Waals surface area contributed by atoms with Crippen molar-refractivity contribution in [2.24, 2.45) is 0 Å². The van der Waals surface area contributed by atoms with E-state index in [0.29, 0.717) is 4.73 Å². The Bertz CT molecular complexity index is 575. The Balaban J connectivity index is 2.50. The fraction of sp³-hybridized carbons (Fsp3) is 0.182. The molecule has 0 saturated carbocycles. The zero-order valence-electron chi connectivity index (χ0n) is 9.35. The average molecular weight is 296 g/mol. The van der Waals surface area contributed by atoms with Crippen LogP contribution in [0.25, 0.3) is 5.69 Å². The summed E-state index contributed by atoms with van der Waals surface area (Å²) in [5.41, 5.74) is 2.86. The number of non-ortho nitro benzene ring substituents is 1. The van der Waals surface area contributed by atoms with Crippen LogP contribution in [-0.4, -0.2) is 14.5 Å². The maximum absolute atomic E-state index is 10.6. The quantitative estimate of drug-likeness (QED) is 0.631. The first-order chi connectivity index (χ1) is 8.00. The van der Waals surface area contributed by atoms with Gasteiger partial charge in [-0.2, -0.15) is 0 Å². The molecule has 88 valence electrons. The predicted octanol–water partition coefficient (Wildman–Crippen LogP) is 3.16. The molecule has 0 amide bonds. The Morgan fingerprint density at radius 2 is 1.88 bits per heavy atom. The molecule has 5 nitrogen and oxygen atoms in total. The third kappa shape index (κ3) is 2.08. The van der Waals surface area contributed by atoms with Gasteiger partial charge < -0.3 is 0 Å². The maximum Gasteiger partial charge on any atom is 0.269 e. The fourth-order valence-corrected chi connectivity index (χ4v) is 2.33. The number of halogens is 1. The van der Waals surface area contributed by atoms with Gasteiger partial charge in [-0.05, 0) is 41.9 Å². The summed E-state index contributed by atoms with van der Waals surface area (Å²) in [6.45, 7) is 3.87. The SMILES string of the molecule is Cc1nc(Br)n(-c2ccc([N+](=O)[O-])cc2)c1C. The van der Waals surface area contributed by atoms with E-state index in [0.717, 1.165) is 17.1 Å². The summed E-state index contributed by atoms with van der Waals surface area (Å²) in [5.74, 6) is 0. The molecule has 0 atom stereocenters. The van der Waals surface area contributed by atoms with Gasteiger partial charge in [-0.25, -0.2) is 4.98 Å². The molecule has 1 heterocycles. The standard InChI is InChI=1S/C11H10BrN3O2/c1-7-8(2)14(11(12)13-7)9-3-5-10(6-4-9)15(16)17/h3-6H,1-2H3. The van der Waals surface area contributed by atoms with Crippen molar-refractivity contribution in [3.8, 4) is 5.69 Å². The van der Waals surface area contributed by atoms with Gasteiger partial charge in [0.2, 0.25) is 0 Å². The molecule has 0 aliphatic carbocycles. The van der Waals surface area contributed by atoms with Crippen molar-refractivity contribution in [1.82, 2.24) is 9.55 Å². The Morgan fingerprint density at radius 1 is 1.29 bits per heavy atom. The Morgan fingerprint density at radius 3 is 2.29 bits per heavy atom. The van der Waals surface area contributed by atoms with E-state index >= 15 is 0 Å². The first-order valence-corrected chi connectivity index (χ1v) is 5.76. The molecule has 1 aromatic heterocycles. The van der Waals surface area contributed by atoms with Gasteiger partial charge in [0.05, 0.1) is 10.6 Å². The van der Waals surface area contributed by atoms with E-state index in [9.17, 15) is 10.1 Å². The first kappa shape index (κ1) is 11.8. The van der Waals surface area contributed by atoms with E-state index in [-0.39, 0.29) is 5.69 Å². The lowest BCUT2D eigenvalue weighted by atomic mass is 10.2. The van der Waals surface area contributed by atoms with Crippen molar-refractivity contribution in [3.63, 3.8) is 0 Å². The highest BCUT2D eigenvalue weighted by molar-refractivity contribution is 9.10. The molecule has 2 rings (SSSR count). The number of hydrogen-bond acceptors (Lipinski definition) is 3. The van der Waals surface area contributed by atoms with E-state index in [4.69, 9.17) is 0 Å². The summed E-state index contributed by atoms with van der Waals surface area (Å²) in [7, 11) is 0. The summed E-state index contributed by atoms with van der Waals surface area (Å²) < 4.78 is 2.60. The molecule has 2 aromatic rings. The third-order valence-corrected chi connectivity index (χ3v) is 3.15. The number of hydrogen-bond donors (Lipinski definition) is 0. The van der Waals surface area contributed by atoms with E-state index < -0.39 is 4.92 Å². The zero-order chi connectivity index (χ0) is 12.6. The second-order valence-corrected chi connectivity index (χ2v) is 4.37. The van der Waals surface area contributed by atoms with E-state index in [1.807, 2.05) is 18.4 Å². The van der Waals surface area contributed by atoms with Crippen LogP contribution in [0.15, 0.2) is 29.0 Å². The second-order valence-electron chi connectivity index (χ2n) is 3.66. The normalized spacial score (nSPS) is 10.5. The molecule has 0 saturated heterocycles. The maximum atomic E-state index is 10.6. The number of imidazole rings is 1. The van der Waals surface area contributed by atoms with Crippen LogP contribution in [-0.2, 0) is 0 Å². The number of aryl methyl sites for hydroxylation is 1. The molecule has 1 aromatic carbocycles. The number of nitrogens with zero attached hydrogens (tertiary/aromatic N) is 3. The van der Waals surface area contributed by atoms with Crippen molar-refractivity contribution in [3.05, 3.63) is 50.5 Å². The lowest BCUT2D eigenvalue weighted by Crippen LogP contribution is -1.97. The fourth-order valence-electron chi connectivity index (χ4n) is 1.59. The number of nitro groups is 1. The van der Waals surface area contributed by atoms with E-state index in [1.54, 1.807) is 12.1 Å². The summed E-state index contributed by atoms with van der Waals surface area (Å²) >= 11 is 3.37. The smallest absolute Gasteiger partial charge is 0.269 e. The molecular formula is C11H10BrN3O2. The Hall–Kier alpha value is -1.69. The van der Waals surface area contributed by atoms with Gasteiger partial charge in [-0.15, -0.1) is 0 Å². The third-order valence-electron chi connectivity index (χ3n) is 2.62. The molecule has 17 heavy (non-hydrogen) atoms. The van der Waals surface area contributed by atoms with Crippen molar-refractivity contribution in [1.29, 1.82) is 0 Å². The summed E-state index contributed by atoms with van der Waals surface area (Å²) in [6.07, 6.45) is 0. The molecular weight excluding hydrogens is 286 g/mol. The number of rotatable bonds is 2. The van der Waals surface area contributed by atoms with Crippen LogP contribution in [0.2, 0.25) is 0 Å². The molecule has 6 heteroatoms. The van der Waals surface area contributed by atoms with E-state index in [2.05, 4.69) is 20.9 Å². The highest BCUT2D eigenvalue weighted by Crippen LogP contribution is 2.23. The minimum Gasteiger partial charge on any atom is -0.291 e. The number of benzene rings is 1. The van der Waals surface area contributed by atoms with Crippen LogP contribution in [0.4, 0.5) is 5.69 Å². The Kier molecular flexibility index (Phi) is 2.97. The van der Waals surface area contributed by atoms with Gasteiger partial charge in [0.25, 0.3) is 5.69 Å². The predicted molar refractivity (Wildman–Crippen MR) is 67.4 cm³/mol.